The van der Waals surface area contributed by atoms with Gasteiger partial charge in [0.25, 0.3) is 0 Å². The molecule has 0 spiro atoms. The van der Waals surface area contributed by atoms with Gasteiger partial charge in [-0.25, -0.2) is 0 Å². The van der Waals surface area contributed by atoms with Crippen LogP contribution in [-0.4, -0.2) is 26.2 Å². The summed E-state index contributed by atoms with van der Waals surface area (Å²) < 4.78 is 11.2. The Labute approximate surface area is 155 Å². The van der Waals surface area contributed by atoms with Crippen molar-refractivity contribution in [2.24, 2.45) is 0 Å². The van der Waals surface area contributed by atoms with Crippen LogP contribution in [0.2, 0.25) is 0 Å². The molecule has 1 N–H and O–H groups in total. The average molecular weight is 353 g/mol. The van der Waals surface area contributed by atoms with Gasteiger partial charge in [0.05, 0.1) is 7.11 Å². The number of esters is 1. The molecule has 2 aromatic rings. The summed E-state index contributed by atoms with van der Waals surface area (Å²) in [6.45, 7) is 1.74. The van der Waals surface area contributed by atoms with E-state index in [1.807, 2.05) is 42.5 Å². The number of rotatable bonds is 7. The van der Waals surface area contributed by atoms with Gasteiger partial charge in [0.1, 0.15) is 11.4 Å². The molecular formula is C22H27NO3. The summed E-state index contributed by atoms with van der Waals surface area (Å²) in [7, 11) is 1.66. The summed E-state index contributed by atoms with van der Waals surface area (Å²) in [6.07, 6.45) is 3.73. The minimum atomic E-state index is -0.482. The van der Waals surface area contributed by atoms with Crippen LogP contribution in [0.3, 0.4) is 0 Å². The monoisotopic (exact) mass is 353 g/mol. The van der Waals surface area contributed by atoms with Crippen LogP contribution in [0.5, 0.6) is 5.75 Å². The zero-order valence-electron chi connectivity index (χ0n) is 15.4. The Hall–Kier alpha value is -2.33. The zero-order valence-corrected chi connectivity index (χ0v) is 15.4. The molecule has 3 rings (SSSR count). The molecule has 0 atom stereocenters. The number of carbonyl (C=O) groups is 1. The first kappa shape index (κ1) is 18.5. The maximum atomic E-state index is 12.5. The van der Waals surface area contributed by atoms with E-state index in [4.69, 9.17) is 9.47 Å². The second-order valence-electron chi connectivity index (χ2n) is 6.79. The van der Waals surface area contributed by atoms with E-state index in [-0.39, 0.29) is 5.97 Å². The minimum absolute atomic E-state index is 0.107. The number of carbonyl (C=O) groups excluding carboxylic acids is 1. The molecule has 0 amide bonds. The van der Waals surface area contributed by atoms with E-state index in [0.29, 0.717) is 6.42 Å². The first-order valence-corrected chi connectivity index (χ1v) is 9.33. The van der Waals surface area contributed by atoms with Gasteiger partial charge in [0.15, 0.2) is 0 Å². The molecule has 1 aliphatic heterocycles. The molecule has 4 heteroatoms. The smallest absolute Gasteiger partial charge is 0.306 e. The molecule has 0 radical (unpaired) electrons. The number of hydrogen-bond acceptors (Lipinski definition) is 4. The molecule has 4 nitrogen and oxygen atoms in total. The minimum Gasteiger partial charge on any atom is -0.497 e. The van der Waals surface area contributed by atoms with Gasteiger partial charge in [0, 0.05) is 19.3 Å². The Morgan fingerprint density at radius 1 is 1.04 bits per heavy atom. The van der Waals surface area contributed by atoms with Crippen molar-refractivity contribution in [3.05, 3.63) is 65.7 Å². The highest BCUT2D eigenvalue weighted by atomic mass is 16.6. The van der Waals surface area contributed by atoms with Crippen LogP contribution >= 0.6 is 0 Å². The molecule has 1 heterocycles. The summed E-state index contributed by atoms with van der Waals surface area (Å²) in [4.78, 5) is 12.5. The van der Waals surface area contributed by atoms with Gasteiger partial charge in [-0.3, -0.25) is 4.79 Å². The van der Waals surface area contributed by atoms with E-state index < -0.39 is 5.60 Å². The van der Waals surface area contributed by atoms with Gasteiger partial charge >= 0.3 is 5.97 Å². The van der Waals surface area contributed by atoms with Crippen molar-refractivity contribution in [1.29, 1.82) is 0 Å². The molecular weight excluding hydrogens is 326 g/mol. The van der Waals surface area contributed by atoms with Gasteiger partial charge in [-0.2, -0.15) is 0 Å². The van der Waals surface area contributed by atoms with E-state index >= 15 is 0 Å². The van der Waals surface area contributed by atoms with Crippen LogP contribution in [0.1, 0.15) is 36.8 Å². The van der Waals surface area contributed by atoms with Gasteiger partial charge in [-0.05, 0) is 49.2 Å². The molecule has 0 bridgehead atoms. The third kappa shape index (κ3) is 4.64. The van der Waals surface area contributed by atoms with Gasteiger partial charge in [-0.1, -0.05) is 42.5 Å². The van der Waals surface area contributed by atoms with Crippen molar-refractivity contribution in [3.63, 3.8) is 0 Å². The number of piperidine rings is 1. The lowest BCUT2D eigenvalue weighted by molar-refractivity contribution is -0.164. The molecule has 1 aliphatic rings. The van der Waals surface area contributed by atoms with Gasteiger partial charge in [-0.15, -0.1) is 0 Å². The maximum Gasteiger partial charge on any atom is 0.306 e. The predicted octanol–water partition coefficient (Wildman–Crippen LogP) is 3.84. The number of benzene rings is 2. The molecule has 2 aromatic carbocycles. The van der Waals surface area contributed by atoms with E-state index in [9.17, 15) is 4.79 Å². The van der Waals surface area contributed by atoms with E-state index in [2.05, 4.69) is 17.4 Å². The quantitative estimate of drug-likeness (QED) is 0.768. The second kappa shape index (κ2) is 8.86. The first-order valence-electron chi connectivity index (χ1n) is 9.33. The fourth-order valence-electron chi connectivity index (χ4n) is 3.52. The molecule has 1 saturated heterocycles. The Kier molecular flexibility index (Phi) is 6.29. The van der Waals surface area contributed by atoms with Gasteiger partial charge in [0.2, 0.25) is 0 Å². The average Bonchev–Trinajstić information content (AvgIpc) is 2.70. The van der Waals surface area contributed by atoms with Crippen molar-refractivity contribution < 1.29 is 14.3 Å². The number of nitrogens with one attached hydrogen (secondary N) is 1. The van der Waals surface area contributed by atoms with Crippen molar-refractivity contribution in [2.75, 3.05) is 20.2 Å². The number of methoxy groups -OCH3 is 1. The topological polar surface area (TPSA) is 47.6 Å². The van der Waals surface area contributed by atoms with Gasteiger partial charge < -0.3 is 14.8 Å². The molecule has 26 heavy (non-hydrogen) atoms. The highest BCUT2D eigenvalue weighted by Crippen LogP contribution is 2.35. The van der Waals surface area contributed by atoms with Crippen LogP contribution in [-0.2, 0) is 21.6 Å². The Balaban J connectivity index is 1.56. The summed E-state index contributed by atoms with van der Waals surface area (Å²) in [5.74, 6) is 0.744. The summed E-state index contributed by atoms with van der Waals surface area (Å²) in [6, 6.07) is 18.1. The normalized spacial score (nSPS) is 16.0. The van der Waals surface area contributed by atoms with Crippen LogP contribution in [0.25, 0.3) is 0 Å². The van der Waals surface area contributed by atoms with Crippen molar-refractivity contribution in [2.45, 2.75) is 37.7 Å². The molecule has 138 valence electrons. The van der Waals surface area contributed by atoms with Crippen LogP contribution in [0.4, 0.5) is 0 Å². The molecule has 0 unspecified atom stereocenters. The standard InChI is InChI=1S/C22H27NO3/c1-25-20-12-10-18(11-13-20)6-5-9-21(24)26-22(14-16-23-17-15-22)19-7-3-2-4-8-19/h2-4,7-8,10-13,23H,5-6,9,14-17H2,1H3. The lowest BCUT2D eigenvalue weighted by Crippen LogP contribution is -2.43. The van der Waals surface area contributed by atoms with Crippen molar-refractivity contribution >= 4 is 5.97 Å². The molecule has 1 fully saturated rings. The lowest BCUT2D eigenvalue weighted by Gasteiger charge is -2.37. The first-order chi connectivity index (χ1) is 12.7. The number of ether oxygens (including phenoxy) is 2. The van der Waals surface area contributed by atoms with Crippen LogP contribution in [0, 0.1) is 0 Å². The number of aryl methyl sites for hydroxylation is 1. The van der Waals surface area contributed by atoms with E-state index in [0.717, 1.165) is 50.1 Å². The molecule has 0 saturated carbocycles. The third-order valence-corrected chi connectivity index (χ3v) is 5.03. The van der Waals surface area contributed by atoms with E-state index in [1.54, 1.807) is 7.11 Å². The fraction of sp³-hybridized carbons (Fsp3) is 0.409. The maximum absolute atomic E-state index is 12.5. The van der Waals surface area contributed by atoms with Crippen molar-refractivity contribution in [3.8, 4) is 5.75 Å². The summed E-state index contributed by atoms with van der Waals surface area (Å²) in [5.41, 5.74) is 1.83. The fourth-order valence-corrected chi connectivity index (χ4v) is 3.52. The molecule has 0 aromatic heterocycles. The SMILES string of the molecule is COc1ccc(CCCC(=O)OC2(c3ccccc3)CCNCC2)cc1. The zero-order chi connectivity index (χ0) is 18.2. The Morgan fingerprint density at radius 3 is 2.38 bits per heavy atom. The third-order valence-electron chi connectivity index (χ3n) is 5.03. The van der Waals surface area contributed by atoms with Crippen LogP contribution < -0.4 is 10.1 Å². The lowest BCUT2D eigenvalue weighted by atomic mass is 9.84. The van der Waals surface area contributed by atoms with Crippen LogP contribution in [0.15, 0.2) is 54.6 Å². The summed E-state index contributed by atoms with van der Waals surface area (Å²) in [5, 5.41) is 3.35. The highest BCUT2D eigenvalue weighted by molar-refractivity contribution is 5.70. The second-order valence-corrected chi connectivity index (χ2v) is 6.79. The van der Waals surface area contributed by atoms with E-state index in [1.165, 1.54) is 5.56 Å². The number of hydrogen-bond donors (Lipinski definition) is 1. The Morgan fingerprint density at radius 2 is 1.73 bits per heavy atom. The largest absolute Gasteiger partial charge is 0.497 e. The van der Waals surface area contributed by atoms with Crippen molar-refractivity contribution in [1.82, 2.24) is 5.32 Å². The summed E-state index contributed by atoms with van der Waals surface area (Å²) >= 11 is 0. The molecule has 0 aliphatic carbocycles. The predicted molar refractivity (Wildman–Crippen MR) is 102 cm³/mol. The highest BCUT2D eigenvalue weighted by Gasteiger charge is 2.37. The Bertz CT molecular complexity index is 691.